The van der Waals surface area contributed by atoms with Gasteiger partial charge in [0.2, 0.25) is 5.91 Å². The second-order valence-corrected chi connectivity index (χ2v) is 5.46. The van der Waals surface area contributed by atoms with Crippen LogP contribution >= 0.6 is 0 Å². The summed E-state index contributed by atoms with van der Waals surface area (Å²) in [6, 6.07) is 8.30. The minimum Gasteiger partial charge on any atom is -0.326 e. The van der Waals surface area contributed by atoms with Crippen molar-refractivity contribution in [3.05, 3.63) is 29.8 Å². The molecule has 0 spiro atoms. The van der Waals surface area contributed by atoms with Crippen molar-refractivity contribution in [1.29, 1.82) is 0 Å². The molecule has 1 rings (SSSR count). The van der Waals surface area contributed by atoms with Gasteiger partial charge in [-0.3, -0.25) is 4.79 Å². The SMILES string of the molecule is CCC(CC)N(C)CCCC(=O)Nc1ccccc1CN. The van der Waals surface area contributed by atoms with E-state index in [9.17, 15) is 4.79 Å². The van der Waals surface area contributed by atoms with Gasteiger partial charge in [0.25, 0.3) is 0 Å². The smallest absolute Gasteiger partial charge is 0.224 e. The molecule has 1 aromatic rings. The number of rotatable bonds is 9. The number of para-hydroxylation sites is 1. The van der Waals surface area contributed by atoms with E-state index in [1.165, 1.54) is 0 Å². The van der Waals surface area contributed by atoms with E-state index in [-0.39, 0.29) is 5.91 Å². The van der Waals surface area contributed by atoms with Crippen molar-refractivity contribution in [2.75, 3.05) is 18.9 Å². The highest BCUT2D eigenvalue weighted by Crippen LogP contribution is 2.14. The molecule has 1 amide bonds. The van der Waals surface area contributed by atoms with Crippen LogP contribution in [0, 0.1) is 0 Å². The van der Waals surface area contributed by atoms with Crippen molar-refractivity contribution in [3.63, 3.8) is 0 Å². The summed E-state index contributed by atoms with van der Waals surface area (Å²) < 4.78 is 0. The molecule has 0 fully saturated rings. The van der Waals surface area contributed by atoms with Crippen LogP contribution < -0.4 is 11.1 Å². The van der Waals surface area contributed by atoms with Crippen LogP contribution in [0.3, 0.4) is 0 Å². The van der Waals surface area contributed by atoms with Crippen LogP contribution in [-0.2, 0) is 11.3 Å². The summed E-state index contributed by atoms with van der Waals surface area (Å²) in [6.07, 6.45) is 3.74. The largest absolute Gasteiger partial charge is 0.326 e. The zero-order valence-corrected chi connectivity index (χ0v) is 13.6. The van der Waals surface area contributed by atoms with Crippen LogP contribution in [0.25, 0.3) is 0 Å². The van der Waals surface area contributed by atoms with E-state index in [4.69, 9.17) is 5.73 Å². The van der Waals surface area contributed by atoms with Crippen molar-refractivity contribution in [2.24, 2.45) is 5.73 Å². The predicted octanol–water partition coefficient (Wildman–Crippen LogP) is 2.98. The van der Waals surface area contributed by atoms with E-state index < -0.39 is 0 Å². The van der Waals surface area contributed by atoms with Crippen molar-refractivity contribution < 1.29 is 4.79 Å². The summed E-state index contributed by atoms with van der Waals surface area (Å²) in [7, 11) is 2.14. The standard InChI is InChI=1S/C17H29N3O/c1-4-15(5-2)20(3)12-8-11-17(21)19-16-10-7-6-9-14(16)13-18/h6-7,9-10,15H,4-5,8,11-13,18H2,1-3H3,(H,19,21). The summed E-state index contributed by atoms with van der Waals surface area (Å²) in [5.74, 6) is 0.0637. The fourth-order valence-corrected chi connectivity index (χ4v) is 2.62. The molecule has 0 aliphatic heterocycles. The van der Waals surface area contributed by atoms with E-state index in [0.717, 1.165) is 37.1 Å². The lowest BCUT2D eigenvalue weighted by molar-refractivity contribution is -0.116. The summed E-state index contributed by atoms with van der Waals surface area (Å²) >= 11 is 0. The van der Waals surface area contributed by atoms with Crippen molar-refractivity contribution >= 4 is 11.6 Å². The summed E-state index contributed by atoms with van der Waals surface area (Å²) in [5, 5.41) is 2.95. The number of carbonyl (C=O) groups excluding carboxylic acids is 1. The molecule has 0 aliphatic rings. The minimum absolute atomic E-state index is 0.0637. The number of nitrogens with two attached hydrogens (primary N) is 1. The molecule has 118 valence electrons. The summed E-state index contributed by atoms with van der Waals surface area (Å²) in [4.78, 5) is 14.3. The molecule has 0 heterocycles. The zero-order chi connectivity index (χ0) is 15.7. The first kappa shape index (κ1) is 17.7. The lowest BCUT2D eigenvalue weighted by atomic mass is 10.1. The third-order valence-corrected chi connectivity index (χ3v) is 3.99. The Kier molecular flexibility index (Phi) is 8.01. The normalized spacial score (nSPS) is 11.1. The fourth-order valence-electron chi connectivity index (χ4n) is 2.62. The van der Waals surface area contributed by atoms with E-state index in [2.05, 4.69) is 31.1 Å². The quantitative estimate of drug-likeness (QED) is 0.735. The van der Waals surface area contributed by atoms with Gasteiger partial charge in [-0.25, -0.2) is 0 Å². The maximum Gasteiger partial charge on any atom is 0.224 e. The molecule has 0 saturated carbocycles. The number of carbonyl (C=O) groups is 1. The van der Waals surface area contributed by atoms with Crippen LogP contribution in [0.2, 0.25) is 0 Å². The molecule has 0 aliphatic carbocycles. The topological polar surface area (TPSA) is 58.4 Å². The molecule has 21 heavy (non-hydrogen) atoms. The number of hydrogen-bond donors (Lipinski definition) is 2. The molecule has 4 nitrogen and oxygen atoms in total. The van der Waals surface area contributed by atoms with Gasteiger partial charge in [0.15, 0.2) is 0 Å². The molecule has 0 aromatic heterocycles. The van der Waals surface area contributed by atoms with Gasteiger partial charge < -0.3 is 16.0 Å². The van der Waals surface area contributed by atoms with Crippen molar-refractivity contribution in [2.45, 2.75) is 52.1 Å². The Balaban J connectivity index is 2.38. The van der Waals surface area contributed by atoms with E-state index in [0.29, 0.717) is 19.0 Å². The first-order valence-corrected chi connectivity index (χ1v) is 7.90. The number of nitrogens with one attached hydrogen (secondary N) is 1. The van der Waals surface area contributed by atoms with E-state index >= 15 is 0 Å². The van der Waals surface area contributed by atoms with Crippen LogP contribution in [0.5, 0.6) is 0 Å². The highest BCUT2D eigenvalue weighted by Gasteiger charge is 2.11. The molecule has 1 aromatic carbocycles. The summed E-state index contributed by atoms with van der Waals surface area (Å²) in [5.41, 5.74) is 7.48. The third kappa shape index (κ3) is 5.86. The molecule has 0 unspecified atom stereocenters. The Labute approximate surface area is 128 Å². The monoisotopic (exact) mass is 291 g/mol. The van der Waals surface area contributed by atoms with Crippen LogP contribution in [-0.4, -0.2) is 30.4 Å². The molecule has 0 atom stereocenters. The lowest BCUT2D eigenvalue weighted by Crippen LogP contribution is -2.31. The van der Waals surface area contributed by atoms with E-state index in [1.54, 1.807) is 0 Å². The van der Waals surface area contributed by atoms with Gasteiger partial charge >= 0.3 is 0 Å². The maximum absolute atomic E-state index is 12.0. The number of amides is 1. The Morgan fingerprint density at radius 3 is 2.57 bits per heavy atom. The molecular formula is C17H29N3O. The van der Waals surface area contributed by atoms with Gasteiger partial charge in [0.1, 0.15) is 0 Å². The van der Waals surface area contributed by atoms with Crippen LogP contribution in [0.4, 0.5) is 5.69 Å². The number of hydrogen-bond acceptors (Lipinski definition) is 3. The second-order valence-electron chi connectivity index (χ2n) is 5.46. The Morgan fingerprint density at radius 1 is 1.29 bits per heavy atom. The number of anilines is 1. The molecule has 3 N–H and O–H groups in total. The summed E-state index contributed by atoms with van der Waals surface area (Å²) in [6.45, 7) is 5.81. The predicted molar refractivity (Wildman–Crippen MR) is 89.2 cm³/mol. The van der Waals surface area contributed by atoms with Crippen LogP contribution in [0.15, 0.2) is 24.3 Å². The Morgan fingerprint density at radius 2 is 1.95 bits per heavy atom. The lowest BCUT2D eigenvalue weighted by Gasteiger charge is -2.25. The van der Waals surface area contributed by atoms with E-state index in [1.807, 2.05) is 24.3 Å². The highest BCUT2D eigenvalue weighted by molar-refractivity contribution is 5.91. The molecule has 0 bridgehead atoms. The zero-order valence-electron chi connectivity index (χ0n) is 13.6. The highest BCUT2D eigenvalue weighted by atomic mass is 16.1. The fraction of sp³-hybridized carbons (Fsp3) is 0.588. The van der Waals surface area contributed by atoms with Gasteiger partial charge in [-0.15, -0.1) is 0 Å². The number of benzene rings is 1. The number of nitrogens with zero attached hydrogens (tertiary/aromatic N) is 1. The van der Waals surface area contributed by atoms with Gasteiger partial charge in [-0.05, 0) is 44.5 Å². The molecular weight excluding hydrogens is 262 g/mol. The maximum atomic E-state index is 12.0. The molecule has 0 radical (unpaired) electrons. The Hall–Kier alpha value is -1.39. The molecule has 0 saturated heterocycles. The van der Waals surface area contributed by atoms with Crippen molar-refractivity contribution in [1.82, 2.24) is 4.90 Å². The Bertz CT molecular complexity index is 430. The second kappa shape index (κ2) is 9.53. The van der Waals surface area contributed by atoms with Gasteiger partial charge in [-0.1, -0.05) is 32.0 Å². The van der Waals surface area contributed by atoms with Crippen LogP contribution in [0.1, 0.15) is 45.1 Å². The molecule has 4 heteroatoms. The average molecular weight is 291 g/mol. The first-order valence-electron chi connectivity index (χ1n) is 7.90. The van der Waals surface area contributed by atoms with Crippen molar-refractivity contribution in [3.8, 4) is 0 Å². The van der Waals surface area contributed by atoms with Gasteiger partial charge in [0.05, 0.1) is 0 Å². The third-order valence-electron chi connectivity index (χ3n) is 3.99. The van der Waals surface area contributed by atoms with Gasteiger partial charge in [0, 0.05) is 24.7 Å². The van der Waals surface area contributed by atoms with Gasteiger partial charge in [-0.2, -0.15) is 0 Å². The minimum atomic E-state index is 0.0637. The average Bonchev–Trinajstić information content (AvgIpc) is 2.49. The first-order chi connectivity index (χ1) is 10.1.